The second-order valence-corrected chi connectivity index (χ2v) is 3.56. The van der Waals surface area contributed by atoms with Crippen LogP contribution >= 0.6 is 0 Å². The Kier molecular flexibility index (Phi) is 3.10. The summed E-state index contributed by atoms with van der Waals surface area (Å²) in [5.41, 5.74) is 5.16. The fourth-order valence-electron chi connectivity index (χ4n) is 1.34. The molecule has 1 aromatic heterocycles. The van der Waals surface area contributed by atoms with Crippen LogP contribution in [0, 0.1) is 0 Å². The number of anilines is 1. The highest BCUT2D eigenvalue weighted by molar-refractivity contribution is 5.41. The van der Waals surface area contributed by atoms with Crippen molar-refractivity contribution in [2.24, 2.45) is 0 Å². The molecule has 2 aromatic rings. The minimum absolute atomic E-state index is 0.0583. The Hall–Kier alpha value is -2.24. The molecule has 0 fully saturated rings. The summed E-state index contributed by atoms with van der Waals surface area (Å²) in [4.78, 5) is 3.84. The number of nitrogens with zero attached hydrogens (tertiary/aromatic N) is 1. The van der Waals surface area contributed by atoms with Gasteiger partial charge in [0.1, 0.15) is 5.75 Å². The van der Waals surface area contributed by atoms with Crippen molar-refractivity contribution in [3.8, 4) is 11.6 Å². The van der Waals surface area contributed by atoms with E-state index in [1.54, 1.807) is 6.07 Å². The largest absolute Gasteiger partial charge is 0.439 e. The van der Waals surface area contributed by atoms with Crippen LogP contribution in [0.2, 0.25) is 0 Å². The summed E-state index contributed by atoms with van der Waals surface area (Å²) in [6.07, 6.45) is -2.99. The van der Waals surface area contributed by atoms with Gasteiger partial charge in [-0.1, -0.05) is 6.07 Å². The molecule has 0 radical (unpaired) electrons. The highest BCUT2D eigenvalue weighted by atomic mass is 19.4. The molecule has 0 aliphatic heterocycles. The Bertz CT molecular complexity index is 555. The monoisotopic (exact) mass is 254 g/mol. The average molecular weight is 254 g/mol. The van der Waals surface area contributed by atoms with Crippen LogP contribution in [0.25, 0.3) is 0 Å². The third-order valence-corrected chi connectivity index (χ3v) is 2.14. The summed E-state index contributed by atoms with van der Waals surface area (Å²) >= 11 is 0. The molecule has 1 heterocycles. The van der Waals surface area contributed by atoms with Gasteiger partial charge in [-0.05, 0) is 24.3 Å². The molecular weight excluding hydrogens is 245 g/mol. The van der Waals surface area contributed by atoms with E-state index < -0.39 is 11.7 Å². The molecule has 2 N–H and O–H groups in total. The predicted octanol–water partition coefficient (Wildman–Crippen LogP) is 3.47. The Morgan fingerprint density at radius 3 is 2.56 bits per heavy atom. The lowest BCUT2D eigenvalue weighted by Gasteiger charge is -2.09. The van der Waals surface area contributed by atoms with Gasteiger partial charge in [-0.2, -0.15) is 13.2 Å². The minimum Gasteiger partial charge on any atom is -0.439 e. The number of nitrogens with two attached hydrogens (primary N) is 1. The Labute approximate surface area is 101 Å². The van der Waals surface area contributed by atoms with Crippen molar-refractivity contribution in [2.45, 2.75) is 6.18 Å². The molecule has 0 saturated carbocycles. The number of ether oxygens (including phenoxy) is 1. The number of alkyl halides is 3. The summed E-state index contributed by atoms with van der Waals surface area (Å²) in [7, 11) is 0. The molecule has 0 aliphatic rings. The molecule has 0 bridgehead atoms. The molecule has 6 heteroatoms. The van der Waals surface area contributed by atoms with Crippen LogP contribution in [-0.2, 0) is 6.18 Å². The molecule has 0 saturated heterocycles. The van der Waals surface area contributed by atoms with Gasteiger partial charge in [-0.3, -0.25) is 0 Å². The first-order valence-corrected chi connectivity index (χ1v) is 5.02. The highest BCUT2D eigenvalue weighted by Gasteiger charge is 2.30. The van der Waals surface area contributed by atoms with Crippen LogP contribution in [0.4, 0.5) is 18.9 Å². The summed E-state index contributed by atoms with van der Waals surface area (Å²) in [5.74, 6) is 0.206. The van der Waals surface area contributed by atoms with Gasteiger partial charge in [-0.15, -0.1) is 0 Å². The van der Waals surface area contributed by atoms with Crippen LogP contribution < -0.4 is 10.5 Å². The first kappa shape index (κ1) is 12.2. The predicted molar refractivity (Wildman–Crippen MR) is 60.2 cm³/mol. The number of aromatic nitrogens is 1. The van der Waals surface area contributed by atoms with Crippen molar-refractivity contribution in [3.63, 3.8) is 0 Å². The lowest BCUT2D eigenvalue weighted by molar-refractivity contribution is -0.137. The van der Waals surface area contributed by atoms with Gasteiger partial charge in [0.05, 0.1) is 5.56 Å². The molecule has 94 valence electrons. The minimum atomic E-state index is -4.40. The Morgan fingerprint density at radius 1 is 1.11 bits per heavy atom. The van der Waals surface area contributed by atoms with Gasteiger partial charge >= 0.3 is 6.18 Å². The number of hydrogen-bond acceptors (Lipinski definition) is 3. The Balaban J connectivity index is 2.25. The smallest absolute Gasteiger partial charge is 0.416 e. The van der Waals surface area contributed by atoms with Crippen molar-refractivity contribution < 1.29 is 17.9 Å². The van der Waals surface area contributed by atoms with E-state index in [2.05, 4.69) is 4.98 Å². The van der Waals surface area contributed by atoms with E-state index in [0.717, 1.165) is 12.1 Å². The molecule has 0 unspecified atom stereocenters. The third kappa shape index (κ3) is 2.91. The lowest BCUT2D eigenvalue weighted by Crippen LogP contribution is -2.04. The molecule has 0 amide bonds. The zero-order valence-corrected chi connectivity index (χ0v) is 9.11. The average Bonchev–Trinajstić information content (AvgIpc) is 2.28. The molecular formula is C12H9F3N2O. The molecule has 18 heavy (non-hydrogen) atoms. The van der Waals surface area contributed by atoms with Gasteiger partial charge in [0.25, 0.3) is 0 Å². The van der Waals surface area contributed by atoms with E-state index in [1.807, 2.05) is 0 Å². The molecule has 3 nitrogen and oxygen atoms in total. The Morgan fingerprint density at radius 2 is 1.89 bits per heavy atom. The summed E-state index contributed by atoms with van der Waals surface area (Å²) in [5, 5.41) is 0. The number of nitrogen functional groups attached to an aromatic ring is 1. The molecule has 2 rings (SSSR count). The van der Waals surface area contributed by atoms with Gasteiger partial charge in [-0.25, -0.2) is 4.98 Å². The summed E-state index contributed by atoms with van der Waals surface area (Å²) < 4.78 is 42.6. The summed E-state index contributed by atoms with van der Waals surface area (Å²) in [6.45, 7) is 0. The molecule has 0 atom stereocenters. The lowest BCUT2D eigenvalue weighted by atomic mass is 10.2. The topological polar surface area (TPSA) is 48.1 Å². The van der Waals surface area contributed by atoms with Crippen molar-refractivity contribution in [1.29, 1.82) is 0 Å². The van der Waals surface area contributed by atoms with Crippen LogP contribution in [0.1, 0.15) is 5.56 Å². The first-order chi connectivity index (χ1) is 8.45. The van der Waals surface area contributed by atoms with Gasteiger partial charge < -0.3 is 10.5 Å². The quantitative estimate of drug-likeness (QED) is 0.892. The van der Waals surface area contributed by atoms with Crippen molar-refractivity contribution >= 4 is 5.69 Å². The summed E-state index contributed by atoms with van der Waals surface area (Å²) in [6, 6.07) is 7.55. The SMILES string of the molecule is Nc1ccnc(Oc2cccc(C(F)(F)F)c2)c1. The number of rotatable bonds is 2. The van der Waals surface area contributed by atoms with E-state index in [0.29, 0.717) is 5.69 Å². The third-order valence-electron chi connectivity index (χ3n) is 2.14. The number of benzene rings is 1. The van der Waals surface area contributed by atoms with Crippen LogP contribution in [0.15, 0.2) is 42.6 Å². The van der Waals surface area contributed by atoms with Crippen molar-refractivity contribution in [2.75, 3.05) is 5.73 Å². The van der Waals surface area contributed by atoms with Gasteiger partial charge in [0.15, 0.2) is 0 Å². The maximum atomic E-state index is 12.5. The number of halogens is 3. The zero-order valence-electron chi connectivity index (χ0n) is 9.11. The standard InChI is InChI=1S/C12H9F3N2O/c13-12(14,15)8-2-1-3-10(6-8)18-11-7-9(16)4-5-17-11/h1-7H,(H2,16,17). The first-order valence-electron chi connectivity index (χ1n) is 5.02. The number of hydrogen-bond donors (Lipinski definition) is 1. The maximum Gasteiger partial charge on any atom is 0.416 e. The van der Waals surface area contributed by atoms with Crippen LogP contribution in [-0.4, -0.2) is 4.98 Å². The van der Waals surface area contributed by atoms with E-state index in [-0.39, 0.29) is 11.6 Å². The highest BCUT2D eigenvalue weighted by Crippen LogP contribution is 2.32. The van der Waals surface area contributed by atoms with Gasteiger partial charge in [0.2, 0.25) is 5.88 Å². The van der Waals surface area contributed by atoms with E-state index in [1.165, 1.54) is 24.4 Å². The van der Waals surface area contributed by atoms with Crippen LogP contribution in [0.3, 0.4) is 0 Å². The maximum absolute atomic E-state index is 12.5. The second-order valence-electron chi connectivity index (χ2n) is 3.56. The fraction of sp³-hybridized carbons (Fsp3) is 0.0833. The molecule has 0 aliphatic carbocycles. The number of pyridine rings is 1. The van der Waals surface area contributed by atoms with Crippen LogP contribution in [0.5, 0.6) is 11.6 Å². The van der Waals surface area contributed by atoms with Crippen molar-refractivity contribution in [1.82, 2.24) is 4.98 Å². The molecule has 0 spiro atoms. The van der Waals surface area contributed by atoms with E-state index in [9.17, 15) is 13.2 Å². The second kappa shape index (κ2) is 4.56. The normalized spacial score (nSPS) is 11.3. The van der Waals surface area contributed by atoms with E-state index in [4.69, 9.17) is 10.5 Å². The van der Waals surface area contributed by atoms with Gasteiger partial charge in [0, 0.05) is 18.0 Å². The van der Waals surface area contributed by atoms with Crippen molar-refractivity contribution in [3.05, 3.63) is 48.2 Å². The zero-order chi connectivity index (χ0) is 13.2. The fourth-order valence-corrected chi connectivity index (χ4v) is 1.34. The van der Waals surface area contributed by atoms with E-state index >= 15 is 0 Å². The molecule has 1 aromatic carbocycles.